The lowest BCUT2D eigenvalue weighted by atomic mass is 10.2. The number of hydrogen-bond acceptors (Lipinski definition) is 3. The Labute approximate surface area is 126 Å². The molecule has 0 saturated carbocycles. The first-order chi connectivity index (χ1) is 10.4. The Kier molecular flexibility index (Phi) is 6.62. The van der Waals surface area contributed by atoms with Crippen LogP contribution in [-0.4, -0.2) is 18.3 Å². The first-order valence-corrected chi connectivity index (χ1v) is 7.57. The predicted octanol–water partition coefficient (Wildman–Crippen LogP) is 4.44. The lowest BCUT2D eigenvalue weighted by Gasteiger charge is -2.12. The number of hydrogen-bond donors (Lipinski definition) is 2. The van der Waals surface area contributed by atoms with Gasteiger partial charge in [0.15, 0.2) is 5.75 Å². The molecule has 0 bridgehead atoms. The van der Waals surface area contributed by atoms with E-state index >= 15 is 0 Å². The summed E-state index contributed by atoms with van der Waals surface area (Å²) in [6.07, 6.45) is 4.21. The third-order valence-corrected chi connectivity index (χ3v) is 3.26. The second kappa shape index (κ2) is 9.03. The molecule has 0 heterocycles. The molecule has 2 aromatic carbocycles. The number of ether oxygens (including phenoxy) is 1. The van der Waals surface area contributed by atoms with E-state index in [0.717, 1.165) is 49.4 Å². The lowest BCUT2D eigenvalue weighted by molar-refractivity contribution is 0.283. The van der Waals surface area contributed by atoms with Crippen LogP contribution >= 0.6 is 0 Å². The minimum absolute atomic E-state index is 0.293. The average Bonchev–Trinajstić information content (AvgIpc) is 2.53. The number of nitrogens with one attached hydrogen (secondary N) is 1. The summed E-state index contributed by atoms with van der Waals surface area (Å²) in [5.41, 5.74) is 1.02. The van der Waals surface area contributed by atoms with Crippen LogP contribution in [0.2, 0.25) is 0 Å². The molecule has 21 heavy (non-hydrogen) atoms. The van der Waals surface area contributed by atoms with Crippen molar-refractivity contribution in [3.8, 4) is 11.5 Å². The molecule has 2 aromatic rings. The standard InChI is InChI=1S/C18H23NO2/c20-15-9-2-1-8-14-19-17-12-6-7-13-18(17)21-16-10-4-3-5-11-16/h3-7,10-13,19-20H,1-2,8-9,14-15H2. The molecule has 0 aliphatic carbocycles. The maximum Gasteiger partial charge on any atom is 0.150 e. The van der Waals surface area contributed by atoms with E-state index in [4.69, 9.17) is 9.84 Å². The van der Waals surface area contributed by atoms with Crippen molar-refractivity contribution < 1.29 is 9.84 Å². The molecule has 0 saturated heterocycles. The molecule has 0 spiro atoms. The molecule has 3 nitrogen and oxygen atoms in total. The monoisotopic (exact) mass is 285 g/mol. The van der Waals surface area contributed by atoms with Crippen molar-refractivity contribution in [2.45, 2.75) is 25.7 Å². The summed E-state index contributed by atoms with van der Waals surface area (Å²) in [4.78, 5) is 0. The van der Waals surface area contributed by atoms with E-state index in [1.807, 2.05) is 54.6 Å². The maximum atomic E-state index is 8.75. The summed E-state index contributed by atoms with van der Waals surface area (Å²) >= 11 is 0. The Balaban J connectivity index is 1.85. The van der Waals surface area contributed by atoms with Gasteiger partial charge in [0, 0.05) is 13.2 Å². The van der Waals surface area contributed by atoms with Crippen LogP contribution in [0.25, 0.3) is 0 Å². The van der Waals surface area contributed by atoms with E-state index in [9.17, 15) is 0 Å². The van der Waals surface area contributed by atoms with Gasteiger partial charge in [0.2, 0.25) is 0 Å². The molecule has 2 rings (SSSR count). The van der Waals surface area contributed by atoms with Gasteiger partial charge < -0.3 is 15.2 Å². The number of para-hydroxylation sites is 3. The summed E-state index contributed by atoms with van der Waals surface area (Å²) in [5, 5.41) is 12.2. The summed E-state index contributed by atoms with van der Waals surface area (Å²) in [6, 6.07) is 17.8. The van der Waals surface area contributed by atoms with E-state index in [2.05, 4.69) is 5.32 Å². The number of anilines is 1. The molecule has 0 aliphatic rings. The SMILES string of the molecule is OCCCCCCNc1ccccc1Oc1ccccc1. The topological polar surface area (TPSA) is 41.5 Å². The van der Waals surface area contributed by atoms with Gasteiger partial charge in [-0.05, 0) is 37.1 Å². The van der Waals surface area contributed by atoms with Gasteiger partial charge in [-0.3, -0.25) is 0 Å². The van der Waals surface area contributed by atoms with Crippen molar-refractivity contribution in [2.24, 2.45) is 0 Å². The molecular formula is C18H23NO2. The molecule has 0 aromatic heterocycles. The van der Waals surface area contributed by atoms with Crippen LogP contribution in [0.15, 0.2) is 54.6 Å². The van der Waals surface area contributed by atoms with Crippen molar-refractivity contribution in [1.29, 1.82) is 0 Å². The van der Waals surface area contributed by atoms with E-state index in [1.165, 1.54) is 0 Å². The molecule has 2 N–H and O–H groups in total. The van der Waals surface area contributed by atoms with Gasteiger partial charge in [0.1, 0.15) is 5.75 Å². The van der Waals surface area contributed by atoms with Gasteiger partial charge in [-0.25, -0.2) is 0 Å². The summed E-state index contributed by atoms with van der Waals surface area (Å²) in [6.45, 7) is 1.21. The van der Waals surface area contributed by atoms with Gasteiger partial charge >= 0.3 is 0 Å². The Bertz CT molecular complexity index is 514. The molecule has 0 aliphatic heterocycles. The minimum atomic E-state index is 0.293. The summed E-state index contributed by atoms with van der Waals surface area (Å²) in [7, 11) is 0. The van der Waals surface area contributed by atoms with Crippen LogP contribution in [0.4, 0.5) is 5.69 Å². The molecule has 0 radical (unpaired) electrons. The van der Waals surface area contributed by atoms with Crippen molar-refractivity contribution in [3.63, 3.8) is 0 Å². The number of aliphatic hydroxyl groups excluding tert-OH is 1. The smallest absolute Gasteiger partial charge is 0.150 e. The molecule has 0 unspecified atom stereocenters. The van der Waals surface area contributed by atoms with Crippen LogP contribution in [-0.2, 0) is 0 Å². The third-order valence-electron chi connectivity index (χ3n) is 3.26. The number of unbranched alkanes of at least 4 members (excludes halogenated alkanes) is 3. The summed E-state index contributed by atoms with van der Waals surface area (Å²) < 4.78 is 5.91. The molecule has 0 fully saturated rings. The summed E-state index contributed by atoms with van der Waals surface area (Å²) in [5.74, 6) is 1.69. The normalized spacial score (nSPS) is 10.3. The van der Waals surface area contributed by atoms with Gasteiger partial charge in [-0.15, -0.1) is 0 Å². The third kappa shape index (κ3) is 5.48. The van der Waals surface area contributed by atoms with Gasteiger partial charge in [-0.2, -0.15) is 0 Å². The van der Waals surface area contributed by atoms with Gasteiger partial charge in [0.25, 0.3) is 0 Å². The first-order valence-electron chi connectivity index (χ1n) is 7.57. The fourth-order valence-corrected chi connectivity index (χ4v) is 2.13. The Hall–Kier alpha value is -2.00. The molecule has 0 amide bonds. The fourth-order valence-electron chi connectivity index (χ4n) is 2.13. The first kappa shape index (κ1) is 15.4. The van der Waals surface area contributed by atoms with E-state index in [-0.39, 0.29) is 0 Å². The van der Waals surface area contributed by atoms with Crippen molar-refractivity contribution in [1.82, 2.24) is 0 Å². The molecular weight excluding hydrogens is 262 g/mol. The van der Waals surface area contributed by atoms with Crippen LogP contribution in [0.3, 0.4) is 0 Å². The van der Waals surface area contributed by atoms with Crippen LogP contribution in [0.1, 0.15) is 25.7 Å². The Morgan fingerprint density at radius 3 is 2.33 bits per heavy atom. The maximum absolute atomic E-state index is 8.75. The Morgan fingerprint density at radius 2 is 1.52 bits per heavy atom. The second-order valence-corrected chi connectivity index (χ2v) is 4.98. The van der Waals surface area contributed by atoms with Gasteiger partial charge in [0.05, 0.1) is 5.69 Å². The van der Waals surface area contributed by atoms with Crippen molar-refractivity contribution >= 4 is 5.69 Å². The highest BCUT2D eigenvalue weighted by atomic mass is 16.5. The van der Waals surface area contributed by atoms with E-state index in [0.29, 0.717) is 6.61 Å². The largest absolute Gasteiger partial charge is 0.455 e. The lowest BCUT2D eigenvalue weighted by Crippen LogP contribution is -2.03. The minimum Gasteiger partial charge on any atom is -0.455 e. The van der Waals surface area contributed by atoms with E-state index < -0.39 is 0 Å². The highest BCUT2D eigenvalue weighted by Gasteiger charge is 2.03. The zero-order chi connectivity index (χ0) is 14.8. The highest BCUT2D eigenvalue weighted by Crippen LogP contribution is 2.28. The second-order valence-electron chi connectivity index (χ2n) is 4.98. The van der Waals surface area contributed by atoms with Gasteiger partial charge in [-0.1, -0.05) is 43.2 Å². The zero-order valence-corrected chi connectivity index (χ0v) is 12.3. The van der Waals surface area contributed by atoms with Crippen LogP contribution in [0.5, 0.6) is 11.5 Å². The number of benzene rings is 2. The molecule has 112 valence electrons. The van der Waals surface area contributed by atoms with E-state index in [1.54, 1.807) is 0 Å². The van der Waals surface area contributed by atoms with Crippen molar-refractivity contribution in [3.05, 3.63) is 54.6 Å². The number of rotatable bonds is 9. The quantitative estimate of drug-likeness (QED) is 0.669. The highest BCUT2D eigenvalue weighted by molar-refractivity contribution is 5.57. The number of aliphatic hydroxyl groups is 1. The van der Waals surface area contributed by atoms with Crippen LogP contribution in [0, 0.1) is 0 Å². The zero-order valence-electron chi connectivity index (χ0n) is 12.3. The average molecular weight is 285 g/mol. The molecule has 0 atom stereocenters. The predicted molar refractivity (Wildman–Crippen MR) is 87.0 cm³/mol. The van der Waals surface area contributed by atoms with Crippen molar-refractivity contribution in [2.75, 3.05) is 18.5 Å². The van der Waals surface area contributed by atoms with Crippen LogP contribution < -0.4 is 10.1 Å². The molecule has 3 heteroatoms. The fraction of sp³-hybridized carbons (Fsp3) is 0.333. The Morgan fingerprint density at radius 1 is 0.810 bits per heavy atom.